The molecule has 1 aromatic heterocycles. The Labute approximate surface area is 110 Å². The van der Waals surface area contributed by atoms with Crippen molar-refractivity contribution in [3.8, 4) is 0 Å². The van der Waals surface area contributed by atoms with Crippen molar-refractivity contribution in [2.24, 2.45) is 0 Å². The van der Waals surface area contributed by atoms with Crippen molar-refractivity contribution in [2.75, 3.05) is 0 Å². The van der Waals surface area contributed by atoms with Gasteiger partial charge in [0, 0.05) is 0 Å². The second-order valence-electron chi connectivity index (χ2n) is 11.4. The number of thiophene rings is 1. The monoisotopic (exact) mass is 322 g/mol. The van der Waals surface area contributed by atoms with Crippen LogP contribution in [0.1, 0.15) is 5.56 Å². The Morgan fingerprint density at radius 1 is 1.10 bits per heavy atom. The molecule has 0 bridgehead atoms. The van der Waals surface area contributed by atoms with Gasteiger partial charge >= 0.3 is 111 Å². The van der Waals surface area contributed by atoms with Crippen LogP contribution in [0.5, 0.6) is 0 Å². The molecule has 0 aromatic carbocycles. The molecule has 10 fully saturated rings. The fourth-order valence-corrected chi connectivity index (χ4v) is 92.0. The number of fused-ring (bicyclic) bond motifs is 10. The summed E-state index contributed by atoms with van der Waals surface area (Å²) in [6, 6.07) is 2.13. The molecule has 0 aliphatic carbocycles. The number of carbonyl (C=O) groups is 1. The molecule has 0 amide bonds. The van der Waals surface area contributed by atoms with Gasteiger partial charge in [-0.1, -0.05) is 0 Å². The molecule has 1 aromatic rings. The summed E-state index contributed by atoms with van der Waals surface area (Å²) < 4.78 is 0.422. The van der Waals surface area contributed by atoms with Crippen molar-refractivity contribution in [3.63, 3.8) is 0 Å². The first-order chi connectivity index (χ1) is 9.54. The van der Waals surface area contributed by atoms with Crippen LogP contribution < -0.4 is 0 Å². The van der Waals surface area contributed by atoms with Crippen LogP contribution in [0, 0.1) is 0 Å². The standard InChI is InChI=1S/C12H9OS.C5H5.Fe/c13-12(11-3-1-2-4-11)6-5-10-7-8-14-9-10;1-2-4-5-3-1;/h1-9H;1-5H;. The average molecular weight is 322 g/mol. The van der Waals surface area contributed by atoms with E-state index in [1.54, 1.807) is 11.3 Å². The molecule has 20 heavy (non-hydrogen) atoms. The summed E-state index contributed by atoms with van der Waals surface area (Å²) in [4.78, 5) is 24.3. The first-order valence-electron chi connectivity index (χ1n) is 8.00. The van der Waals surface area contributed by atoms with Gasteiger partial charge in [0.1, 0.15) is 0 Å². The molecule has 0 N–H and O–H groups in total. The maximum absolute atomic E-state index is 13.3. The zero-order valence-corrected chi connectivity index (χ0v) is 12.7. The number of ketones is 1. The van der Waals surface area contributed by atoms with Crippen molar-refractivity contribution >= 4 is 23.2 Å². The van der Waals surface area contributed by atoms with E-state index in [4.69, 9.17) is 0 Å². The number of rotatable bonds is 3. The molecule has 0 radical (unpaired) electrons. The number of allylic oxidation sites excluding steroid dienone is 1. The normalized spacial score (nSPS) is 103. The third kappa shape index (κ3) is 0.0917. The van der Waals surface area contributed by atoms with Gasteiger partial charge in [-0.2, -0.15) is 0 Å². The van der Waals surface area contributed by atoms with Crippen LogP contribution in [-0.2, 0) is 11.3 Å². The molecule has 102 valence electrons. The molecule has 0 saturated carbocycles. The molecule has 10 aliphatic rings. The summed E-state index contributed by atoms with van der Waals surface area (Å²) in [6.07, 6.45) is 4.15. The average Bonchev–Trinajstić information content (AvgIpc) is 3.38. The van der Waals surface area contributed by atoms with E-state index < -0.39 is 6.51 Å². The Morgan fingerprint density at radius 3 is 2.15 bits per heavy atom. The zero-order valence-electron chi connectivity index (χ0n) is 10.8. The molecule has 3 heteroatoms. The molecule has 4 atom stereocenters. The Kier molecular flexibility index (Phi) is 0.280. The van der Waals surface area contributed by atoms with Crippen LogP contribution in [0.15, 0.2) is 22.9 Å². The van der Waals surface area contributed by atoms with E-state index in [2.05, 4.69) is 22.9 Å². The molecule has 11 rings (SSSR count). The van der Waals surface area contributed by atoms with Gasteiger partial charge in [-0.25, -0.2) is 0 Å². The molecule has 1 nitrogen and oxygen atoms in total. The summed E-state index contributed by atoms with van der Waals surface area (Å²) in [5.41, 5.74) is 1.23. The topological polar surface area (TPSA) is 17.1 Å². The number of hydrogen-bond acceptors (Lipinski definition) is 2. The molecule has 4 unspecified atom stereocenters. The zero-order chi connectivity index (χ0) is 12.4. The summed E-state index contributed by atoms with van der Waals surface area (Å²) in [5.74, 6) is 0.648. The van der Waals surface area contributed by atoms with E-state index in [1.807, 2.05) is 6.08 Å². The summed E-state index contributed by atoms with van der Waals surface area (Å²) >= 11 is 1.73. The summed E-state index contributed by atoms with van der Waals surface area (Å²) in [6.45, 7) is -3.17. The molecule has 1 spiro atoms. The first-order valence-corrected chi connectivity index (χ1v) is 15.2. The molecular weight excluding hydrogens is 308 g/mol. The number of hydrogen-bond donors (Lipinski definition) is 0. The van der Waals surface area contributed by atoms with Crippen LogP contribution in [-0.4, -0.2) is 5.78 Å². The van der Waals surface area contributed by atoms with E-state index in [-0.39, 0.29) is 0 Å². The second-order valence-corrected chi connectivity index (χ2v) is 35.8. The molecule has 11 heterocycles. The summed E-state index contributed by atoms with van der Waals surface area (Å²) in [7, 11) is 0. The number of carbonyl (C=O) groups excluding carboxylic acids is 1. The van der Waals surface area contributed by atoms with E-state index in [0.717, 1.165) is 9.63 Å². The van der Waals surface area contributed by atoms with Crippen LogP contribution >= 0.6 is 11.3 Å². The molecule has 10 aliphatic heterocycles. The Hall–Kier alpha value is -0.371. The Bertz CT molecular complexity index is 1160. The van der Waals surface area contributed by atoms with Crippen LogP contribution in [0.4, 0.5) is 0 Å². The van der Waals surface area contributed by atoms with Crippen molar-refractivity contribution in [1.29, 1.82) is 0 Å². The second kappa shape index (κ2) is 0.721. The van der Waals surface area contributed by atoms with E-state index in [9.17, 15) is 4.79 Å². The quantitative estimate of drug-likeness (QED) is 0.559. The van der Waals surface area contributed by atoms with Gasteiger partial charge in [-0.05, 0) is 0 Å². The van der Waals surface area contributed by atoms with Gasteiger partial charge in [0.15, 0.2) is 0 Å². The predicted octanol–water partition coefficient (Wildman–Crippen LogP) is 5.09. The summed E-state index contributed by atoms with van der Waals surface area (Å²) in [5, 5.41) is 4.26. The van der Waals surface area contributed by atoms with Crippen LogP contribution in [0.25, 0.3) is 6.08 Å². The predicted molar refractivity (Wildman–Crippen MR) is 74.8 cm³/mol. The van der Waals surface area contributed by atoms with E-state index in [0.29, 0.717) is 10.1 Å². The van der Waals surface area contributed by atoms with Gasteiger partial charge in [0.2, 0.25) is 0 Å². The van der Waals surface area contributed by atoms with Gasteiger partial charge in [-0.15, -0.1) is 0 Å². The van der Waals surface area contributed by atoms with Crippen molar-refractivity contribution in [3.05, 3.63) is 28.5 Å². The van der Waals surface area contributed by atoms with Crippen molar-refractivity contribution in [2.45, 2.75) is 47.7 Å². The van der Waals surface area contributed by atoms with Gasteiger partial charge in [0.25, 0.3) is 0 Å². The Morgan fingerprint density at radius 2 is 1.75 bits per heavy atom. The third-order valence-corrected chi connectivity index (χ3v) is 59.0. The van der Waals surface area contributed by atoms with E-state index in [1.165, 1.54) is 39.3 Å². The Balaban J connectivity index is 1.29. The maximum atomic E-state index is 13.3. The molecule has 10 saturated heterocycles. The third-order valence-electron chi connectivity index (χ3n) is 16.0. The van der Waals surface area contributed by atoms with Gasteiger partial charge < -0.3 is 0 Å². The first kappa shape index (κ1) is 7.76. The minimum absolute atomic E-state index is 0.422. The van der Waals surface area contributed by atoms with Crippen molar-refractivity contribution in [1.82, 2.24) is 0 Å². The SMILES string of the molecule is O=C(C=Cc1ccsc1)[C]12[CH]3[CH]4[CH]5[CH]1[Fe]45321678[CH]2[CH]1[CH]6[CH]7[CH]28. The van der Waals surface area contributed by atoms with Crippen molar-refractivity contribution < 1.29 is 11.3 Å². The van der Waals surface area contributed by atoms with Crippen LogP contribution in [0.2, 0.25) is 47.7 Å². The fourth-order valence-electron chi connectivity index (χ4n) is 17.5. The minimum atomic E-state index is -3.17. The fraction of sp³-hybridized carbons (Fsp3) is 0.588. The van der Waals surface area contributed by atoms with E-state index >= 15 is 0 Å². The van der Waals surface area contributed by atoms with Crippen LogP contribution in [0.3, 0.4) is 0 Å². The van der Waals surface area contributed by atoms with Gasteiger partial charge in [0.05, 0.1) is 0 Å². The van der Waals surface area contributed by atoms with Gasteiger partial charge in [-0.3, -0.25) is 0 Å². The molecular formula is C17H14FeOS.